The highest BCUT2D eigenvalue weighted by Crippen LogP contribution is 2.37. The standard InChI is InChI=1S/C36H20N6/c37-19-23-21-39-36(40-22-23)24-13-15-31(25(17-24)20-38)42-34-12-6-3-9-29(34)30-18-26(14-16-35(30)42)41-32-10-4-1-7-27(32)28-8-2-5-11-33(28)41/h1-18,21-22H. The van der Waals surface area contributed by atoms with Crippen molar-refractivity contribution < 1.29 is 0 Å². The number of para-hydroxylation sites is 3. The zero-order valence-corrected chi connectivity index (χ0v) is 22.2. The van der Waals surface area contributed by atoms with E-state index in [0.29, 0.717) is 22.5 Å². The lowest BCUT2D eigenvalue weighted by Gasteiger charge is -2.12. The molecule has 194 valence electrons. The third-order valence-electron chi connectivity index (χ3n) is 7.89. The van der Waals surface area contributed by atoms with Gasteiger partial charge in [0.05, 0.1) is 38.9 Å². The molecule has 0 radical (unpaired) electrons. The molecule has 0 saturated heterocycles. The molecule has 0 N–H and O–H groups in total. The maximum absolute atomic E-state index is 10.2. The van der Waals surface area contributed by atoms with Crippen LogP contribution in [0.15, 0.2) is 122 Å². The molecule has 0 saturated carbocycles. The Bertz CT molecular complexity index is 2380. The van der Waals surface area contributed by atoms with Gasteiger partial charge >= 0.3 is 0 Å². The number of aromatic nitrogens is 4. The van der Waals surface area contributed by atoms with Crippen LogP contribution in [0.5, 0.6) is 0 Å². The summed E-state index contributed by atoms with van der Waals surface area (Å²) < 4.78 is 4.48. The van der Waals surface area contributed by atoms with Crippen LogP contribution in [-0.2, 0) is 0 Å². The van der Waals surface area contributed by atoms with Gasteiger partial charge in [-0.1, -0.05) is 54.6 Å². The molecule has 3 aromatic heterocycles. The van der Waals surface area contributed by atoms with Gasteiger partial charge in [0.1, 0.15) is 12.1 Å². The smallest absolute Gasteiger partial charge is 0.159 e. The number of hydrogen-bond acceptors (Lipinski definition) is 4. The molecule has 0 atom stereocenters. The van der Waals surface area contributed by atoms with Crippen molar-refractivity contribution in [3.8, 4) is 34.9 Å². The molecule has 42 heavy (non-hydrogen) atoms. The fraction of sp³-hybridized carbons (Fsp3) is 0. The summed E-state index contributed by atoms with van der Waals surface area (Å²) in [5.74, 6) is 0.468. The quantitative estimate of drug-likeness (QED) is 0.228. The number of nitriles is 2. The molecule has 8 aromatic rings. The minimum atomic E-state index is 0.390. The molecule has 0 aliphatic heterocycles. The Hall–Kier alpha value is -6.24. The number of hydrogen-bond donors (Lipinski definition) is 0. The predicted octanol–water partition coefficient (Wildman–Crippen LogP) is 8.08. The summed E-state index contributed by atoms with van der Waals surface area (Å²) in [5.41, 5.74) is 7.83. The second-order valence-electron chi connectivity index (χ2n) is 10.2. The highest BCUT2D eigenvalue weighted by atomic mass is 15.0. The van der Waals surface area contributed by atoms with E-state index in [2.05, 4.69) is 110 Å². The van der Waals surface area contributed by atoms with Gasteiger partial charge in [0.25, 0.3) is 0 Å². The molecular formula is C36H20N6. The van der Waals surface area contributed by atoms with Crippen LogP contribution in [0.1, 0.15) is 11.1 Å². The molecule has 6 nitrogen and oxygen atoms in total. The Kier molecular flexibility index (Phi) is 5.15. The normalized spacial score (nSPS) is 11.3. The van der Waals surface area contributed by atoms with E-state index in [-0.39, 0.29) is 0 Å². The van der Waals surface area contributed by atoms with Gasteiger partial charge in [-0.3, -0.25) is 0 Å². The van der Waals surface area contributed by atoms with Crippen molar-refractivity contribution >= 4 is 43.6 Å². The van der Waals surface area contributed by atoms with Crippen LogP contribution in [0, 0.1) is 22.7 Å². The van der Waals surface area contributed by atoms with Crippen molar-refractivity contribution in [1.82, 2.24) is 19.1 Å². The molecule has 0 unspecified atom stereocenters. The van der Waals surface area contributed by atoms with Crippen LogP contribution in [0.4, 0.5) is 0 Å². The van der Waals surface area contributed by atoms with Gasteiger partial charge in [-0.2, -0.15) is 10.5 Å². The Morgan fingerprint density at radius 1 is 0.524 bits per heavy atom. The summed E-state index contributed by atoms with van der Waals surface area (Å²) in [6.07, 6.45) is 2.98. The third-order valence-corrected chi connectivity index (χ3v) is 7.89. The van der Waals surface area contributed by atoms with Gasteiger partial charge in [0.2, 0.25) is 0 Å². The Morgan fingerprint density at radius 2 is 1.10 bits per heavy atom. The molecule has 8 rings (SSSR count). The number of nitrogens with zero attached hydrogens (tertiary/aromatic N) is 6. The van der Waals surface area contributed by atoms with E-state index < -0.39 is 0 Å². The van der Waals surface area contributed by atoms with Gasteiger partial charge in [-0.05, 0) is 54.6 Å². The summed E-state index contributed by atoms with van der Waals surface area (Å²) in [6, 6.07) is 42.0. The third kappa shape index (κ3) is 3.43. The first-order valence-electron chi connectivity index (χ1n) is 13.5. The van der Waals surface area contributed by atoms with E-state index in [1.165, 1.54) is 23.2 Å². The van der Waals surface area contributed by atoms with Crippen molar-refractivity contribution in [2.24, 2.45) is 0 Å². The first kappa shape index (κ1) is 23.6. The lowest BCUT2D eigenvalue weighted by atomic mass is 10.1. The van der Waals surface area contributed by atoms with Gasteiger partial charge < -0.3 is 9.13 Å². The summed E-state index contributed by atoms with van der Waals surface area (Å²) in [6.45, 7) is 0. The SMILES string of the molecule is N#Cc1cnc(-c2ccc(-n3c4ccccc4c4cc(-n5c6ccccc6c6ccccc65)ccc43)c(C#N)c2)nc1. The zero-order chi connectivity index (χ0) is 28.2. The number of rotatable bonds is 3. The molecule has 0 aliphatic rings. The van der Waals surface area contributed by atoms with E-state index >= 15 is 0 Å². The van der Waals surface area contributed by atoms with E-state index in [9.17, 15) is 5.26 Å². The largest absolute Gasteiger partial charge is 0.309 e. The fourth-order valence-electron chi connectivity index (χ4n) is 6.05. The van der Waals surface area contributed by atoms with Crippen LogP contribution in [0.25, 0.3) is 66.4 Å². The molecule has 5 aromatic carbocycles. The van der Waals surface area contributed by atoms with E-state index in [0.717, 1.165) is 44.2 Å². The lowest BCUT2D eigenvalue weighted by molar-refractivity contribution is 1.14. The van der Waals surface area contributed by atoms with Crippen LogP contribution in [-0.4, -0.2) is 19.1 Å². The van der Waals surface area contributed by atoms with Crippen LogP contribution in [0.3, 0.4) is 0 Å². The van der Waals surface area contributed by atoms with Gasteiger partial charge in [0, 0.05) is 45.2 Å². The monoisotopic (exact) mass is 536 g/mol. The Morgan fingerprint density at radius 3 is 1.71 bits per heavy atom. The van der Waals surface area contributed by atoms with Crippen molar-refractivity contribution in [3.05, 3.63) is 133 Å². The first-order valence-corrected chi connectivity index (χ1v) is 13.5. The van der Waals surface area contributed by atoms with Gasteiger partial charge in [0.15, 0.2) is 5.82 Å². The number of benzene rings is 5. The van der Waals surface area contributed by atoms with Crippen LogP contribution >= 0.6 is 0 Å². The molecule has 3 heterocycles. The van der Waals surface area contributed by atoms with Crippen molar-refractivity contribution in [2.45, 2.75) is 0 Å². The van der Waals surface area contributed by atoms with Crippen molar-refractivity contribution in [3.63, 3.8) is 0 Å². The average molecular weight is 537 g/mol. The molecule has 0 fully saturated rings. The minimum Gasteiger partial charge on any atom is -0.309 e. The molecule has 0 amide bonds. The Labute approximate surface area is 240 Å². The molecule has 0 spiro atoms. The van der Waals surface area contributed by atoms with Crippen LogP contribution < -0.4 is 0 Å². The second kappa shape index (κ2) is 9.16. The topological polar surface area (TPSA) is 83.2 Å². The fourth-order valence-corrected chi connectivity index (χ4v) is 6.05. The summed E-state index contributed by atoms with van der Waals surface area (Å²) in [4.78, 5) is 8.63. The van der Waals surface area contributed by atoms with E-state index in [4.69, 9.17) is 5.26 Å². The molecule has 6 heteroatoms. The summed E-state index contributed by atoms with van der Waals surface area (Å²) in [5, 5.41) is 24.0. The second-order valence-corrected chi connectivity index (χ2v) is 10.2. The van der Waals surface area contributed by atoms with Crippen molar-refractivity contribution in [2.75, 3.05) is 0 Å². The highest BCUT2D eigenvalue weighted by Gasteiger charge is 2.18. The van der Waals surface area contributed by atoms with Gasteiger partial charge in [-0.15, -0.1) is 0 Å². The van der Waals surface area contributed by atoms with Crippen LogP contribution in [0.2, 0.25) is 0 Å². The molecule has 0 bridgehead atoms. The van der Waals surface area contributed by atoms with Crippen molar-refractivity contribution in [1.29, 1.82) is 10.5 Å². The molecular weight excluding hydrogens is 516 g/mol. The first-order chi connectivity index (χ1) is 20.7. The van der Waals surface area contributed by atoms with Gasteiger partial charge in [-0.25, -0.2) is 9.97 Å². The predicted molar refractivity (Wildman–Crippen MR) is 166 cm³/mol. The number of fused-ring (bicyclic) bond motifs is 6. The summed E-state index contributed by atoms with van der Waals surface area (Å²) in [7, 11) is 0. The van der Waals surface area contributed by atoms with E-state index in [1.807, 2.05) is 30.3 Å². The van der Waals surface area contributed by atoms with E-state index in [1.54, 1.807) is 0 Å². The maximum atomic E-state index is 10.2. The lowest BCUT2D eigenvalue weighted by Crippen LogP contribution is -1.99. The molecule has 0 aliphatic carbocycles. The minimum absolute atomic E-state index is 0.390. The highest BCUT2D eigenvalue weighted by molar-refractivity contribution is 6.12. The average Bonchev–Trinajstić information content (AvgIpc) is 3.57. The zero-order valence-electron chi connectivity index (χ0n) is 22.2. The maximum Gasteiger partial charge on any atom is 0.159 e. The summed E-state index contributed by atoms with van der Waals surface area (Å²) >= 11 is 0. The Balaban J connectivity index is 1.36.